The van der Waals surface area contributed by atoms with Gasteiger partial charge in [-0.15, -0.1) is 11.6 Å². The van der Waals surface area contributed by atoms with E-state index in [0.29, 0.717) is 12.2 Å². The minimum atomic E-state index is -1.77. The molecule has 3 N–H and O–H groups in total. The van der Waals surface area contributed by atoms with Gasteiger partial charge in [0.15, 0.2) is 5.72 Å². The number of alkyl halides is 1. The van der Waals surface area contributed by atoms with Gasteiger partial charge >= 0.3 is 12.1 Å². The number of hydrogen-bond acceptors (Lipinski definition) is 10. The Morgan fingerprint density at radius 3 is 2.67 bits per heavy atom. The molecule has 3 heterocycles. The molecule has 250 valence electrons. The molecular weight excluding hydrogens is 606 g/mol. The molecule has 0 aromatic heterocycles. The average Bonchev–Trinajstić information content (AvgIpc) is 3.69. The molecule has 4 aliphatic rings. The van der Waals surface area contributed by atoms with Gasteiger partial charge in [-0.25, -0.2) is 4.79 Å². The number of rotatable bonds is 5. The Morgan fingerprint density at radius 2 is 2.02 bits per heavy atom. The summed E-state index contributed by atoms with van der Waals surface area (Å²) >= 11 is 6.81. The highest BCUT2D eigenvalue weighted by Crippen LogP contribution is 2.49. The molecule has 45 heavy (non-hydrogen) atoms. The highest BCUT2D eigenvalue weighted by molar-refractivity contribution is 6.23. The SMILES string of the molecule is CNC(C)C(=O)OC1CC(=O)N(C)C2C=C(C=C(OC)[C@H]2Cl)C/C(C)=C/C=C/C(OC)C2(O)CC(OC(=O)N2)C(C)C2OC12C. The molecule has 2 amide bonds. The van der Waals surface area contributed by atoms with E-state index in [1.54, 1.807) is 45.0 Å². The Bertz CT molecular complexity index is 1280. The normalized spacial score (nSPS) is 39.9. The number of halogens is 1. The Morgan fingerprint density at radius 1 is 1.31 bits per heavy atom. The van der Waals surface area contributed by atoms with Crippen LogP contribution in [-0.2, 0) is 33.3 Å². The second kappa shape index (κ2) is 13.8. The quantitative estimate of drug-likeness (QED) is 0.230. The van der Waals surface area contributed by atoms with E-state index >= 15 is 0 Å². The van der Waals surface area contributed by atoms with Crippen LogP contribution in [0.4, 0.5) is 4.79 Å². The summed E-state index contributed by atoms with van der Waals surface area (Å²) in [6.07, 6.45) is 5.49. The van der Waals surface area contributed by atoms with Gasteiger partial charge in [0.05, 0.1) is 25.7 Å². The van der Waals surface area contributed by atoms with Crippen LogP contribution in [0.5, 0.6) is 0 Å². The molecule has 3 aliphatic heterocycles. The standard InChI is InChI=1S/C32H46ClN3O9/c1-17-10-9-11-24(42-8)32(40)16-23(43-30(39)35-32)18(2)28-31(4,45-28)25(44-29(38)19(3)34-5)15-26(37)36(6)21-13-20(12-17)14-22(41-7)27(21)33/h9-11,13-14,18-19,21,23-25,27-28,34,40H,12,15-16H2,1-8H3,(H,35,39)/b11-9+,17-10+/t18?,19?,21?,23?,24?,25?,27-,28?,31?,32?/m0/s1. The molecule has 4 bridgehead atoms. The summed E-state index contributed by atoms with van der Waals surface area (Å²) in [7, 11) is 6.28. The minimum absolute atomic E-state index is 0.000563. The number of amides is 2. The lowest BCUT2D eigenvalue weighted by atomic mass is 9.83. The van der Waals surface area contributed by atoms with Gasteiger partial charge in [0, 0.05) is 26.5 Å². The van der Waals surface area contributed by atoms with Crippen LogP contribution in [0.25, 0.3) is 0 Å². The van der Waals surface area contributed by atoms with Crippen LogP contribution in [0.15, 0.2) is 47.3 Å². The lowest BCUT2D eigenvalue weighted by Gasteiger charge is -2.42. The van der Waals surface area contributed by atoms with Crippen molar-refractivity contribution in [3.63, 3.8) is 0 Å². The molecule has 0 aromatic rings. The number of alkyl carbamates (subject to hydrolysis) is 1. The highest BCUT2D eigenvalue weighted by atomic mass is 35.5. The van der Waals surface area contributed by atoms with Crippen molar-refractivity contribution in [1.82, 2.24) is 15.5 Å². The molecule has 2 saturated heterocycles. The number of likely N-dealkylation sites (N-methyl/N-ethyl adjacent to an activating group) is 2. The third-order valence-corrected chi connectivity index (χ3v) is 9.79. The molecule has 9 unspecified atom stereocenters. The van der Waals surface area contributed by atoms with Crippen LogP contribution in [-0.4, -0.2) is 109 Å². The number of carbonyl (C=O) groups excluding carboxylic acids is 3. The first-order chi connectivity index (χ1) is 21.2. The molecule has 13 heteroatoms. The van der Waals surface area contributed by atoms with Crippen molar-refractivity contribution in [1.29, 1.82) is 0 Å². The molecule has 2 fully saturated rings. The first-order valence-electron chi connectivity index (χ1n) is 15.2. The van der Waals surface area contributed by atoms with Crippen molar-refractivity contribution in [3.05, 3.63) is 47.3 Å². The maximum Gasteiger partial charge on any atom is 0.409 e. The summed E-state index contributed by atoms with van der Waals surface area (Å²) in [6.45, 7) is 7.21. The monoisotopic (exact) mass is 651 g/mol. The third kappa shape index (κ3) is 7.41. The predicted molar refractivity (Wildman–Crippen MR) is 166 cm³/mol. The van der Waals surface area contributed by atoms with E-state index in [2.05, 4.69) is 10.6 Å². The van der Waals surface area contributed by atoms with Crippen LogP contribution in [0.2, 0.25) is 0 Å². The van der Waals surface area contributed by atoms with Crippen LogP contribution in [0, 0.1) is 5.92 Å². The van der Waals surface area contributed by atoms with Gasteiger partial charge < -0.3 is 39.0 Å². The van der Waals surface area contributed by atoms with Gasteiger partial charge in [-0.2, -0.15) is 0 Å². The Balaban J connectivity index is 1.76. The summed E-state index contributed by atoms with van der Waals surface area (Å²) in [6, 6.07) is -1.17. The second-order valence-corrected chi connectivity index (χ2v) is 13.0. The van der Waals surface area contributed by atoms with E-state index in [1.807, 2.05) is 32.1 Å². The van der Waals surface area contributed by atoms with Crippen LogP contribution in [0.3, 0.4) is 0 Å². The van der Waals surface area contributed by atoms with Crippen LogP contribution >= 0.6 is 11.6 Å². The molecule has 0 saturated carbocycles. The molecule has 12 nitrogen and oxygen atoms in total. The van der Waals surface area contributed by atoms with Crippen molar-refractivity contribution >= 4 is 29.6 Å². The van der Waals surface area contributed by atoms with E-state index in [4.69, 9.17) is 35.3 Å². The number of carbonyl (C=O) groups is 3. The molecule has 0 spiro atoms. The minimum Gasteiger partial charge on any atom is -0.499 e. The zero-order valence-corrected chi connectivity index (χ0v) is 27.9. The fraction of sp³-hybridized carbons (Fsp3) is 0.656. The summed E-state index contributed by atoms with van der Waals surface area (Å²) in [4.78, 5) is 41.1. The Kier molecular flexibility index (Phi) is 10.8. The average molecular weight is 652 g/mol. The zero-order valence-electron chi connectivity index (χ0n) is 27.2. The summed E-state index contributed by atoms with van der Waals surface area (Å²) < 4.78 is 28.9. The molecule has 0 aromatic carbocycles. The number of esters is 1. The van der Waals surface area contributed by atoms with Gasteiger partial charge in [0.1, 0.15) is 41.1 Å². The van der Waals surface area contributed by atoms with Crippen molar-refractivity contribution in [2.45, 2.75) is 100 Å². The summed E-state index contributed by atoms with van der Waals surface area (Å²) in [5.74, 6) is -0.774. The van der Waals surface area contributed by atoms with Gasteiger partial charge in [0.25, 0.3) is 0 Å². The smallest absolute Gasteiger partial charge is 0.409 e. The molecule has 4 rings (SSSR count). The molecule has 1 aliphatic carbocycles. The number of epoxide rings is 1. The van der Waals surface area contributed by atoms with E-state index in [-0.39, 0.29) is 18.7 Å². The van der Waals surface area contributed by atoms with Crippen molar-refractivity contribution < 1.29 is 43.2 Å². The summed E-state index contributed by atoms with van der Waals surface area (Å²) in [5, 5.41) is 16.4. The number of nitrogens with zero attached hydrogens (tertiary/aromatic N) is 1. The van der Waals surface area contributed by atoms with Crippen molar-refractivity contribution in [2.75, 3.05) is 28.3 Å². The lowest BCUT2D eigenvalue weighted by molar-refractivity contribution is -0.157. The van der Waals surface area contributed by atoms with E-state index in [9.17, 15) is 19.5 Å². The first kappa shape index (κ1) is 35.0. The zero-order chi connectivity index (χ0) is 33.3. The predicted octanol–water partition coefficient (Wildman–Crippen LogP) is 2.70. The maximum atomic E-state index is 13.9. The van der Waals surface area contributed by atoms with Gasteiger partial charge in [-0.3, -0.25) is 14.9 Å². The summed E-state index contributed by atoms with van der Waals surface area (Å²) in [5.41, 5.74) is -0.979. The molecule has 10 atom stereocenters. The highest BCUT2D eigenvalue weighted by Gasteiger charge is 2.64. The lowest BCUT2D eigenvalue weighted by Crippen LogP contribution is -2.63. The van der Waals surface area contributed by atoms with Gasteiger partial charge in [0.2, 0.25) is 5.91 Å². The van der Waals surface area contributed by atoms with Gasteiger partial charge in [-0.1, -0.05) is 36.8 Å². The number of methoxy groups -OCH3 is 2. The largest absolute Gasteiger partial charge is 0.499 e. The molecule has 0 radical (unpaired) electrons. The maximum absolute atomic E-state index is 13.9. The van der Waals surface area contributed by atoms with Crippen molar-refractivity contribution in [2.24, 2.45) is 5.92 Å². The van der Waals surface area contributed by atoms with E-state index in [0.717, 1.165) is 11.1 Å². The number of nitrogens with one attached hydrogen (secondary N) is 2. The fourth-order valence-corrected chi connectivity index (χ4v) is 6.64. The van der Waals surface area contributed by atoms with Crippen LogP contribution in [0.1, 0.15) is 47.0 Å². The van der Waals surface area contributed by atoms with E-state index < -0.39 is 71.2 Å². The number of allylic oxidation sites excluding steroid dienone is 5. The molecular formula is C32H46ClN3O9. The van der Waals surface area contributed by atoms with Crippen molar-refractivity contribution in [3.8, 4) is 0 Å². The van der Waals surface area contributed by atoms with Crippen LogP contribution < -0.4 is 10.6 Å². The fourth-order valence-electron chi connectivity index (χ4n) is 6.24. The first-order valence-corrected chi connectivity index (χ1v) is 15.6. The number of aliphatic hydroxyl groups is 1. The second-order valence-electron chi connectivity index (χ2n) is 12.5. The van der Waals surface area contributed by atoms with E-state index in [1.165, 1.54) is 14.2 Å². The Hall–Kier alpha value is -2.90. The number of ether oxygens (including phenoxy) is 5. The third-order valence-electron chi connectivity index (χ3n) is 9.32. The topological polar surface area (TPSA) is 148 Å². The Labute approximate surface area is 269 Å². The van der Waals surface area contributed by atoms with Gasteiger partial charge in [-0.05, 0) is 45.9 Å². The number of fused-ring (bicyclic) bond motifs is 4. The number of hydrogen-bond donors (Lipinski definition) is 3.